The molecule has 5 atom stereocenters. The van der Waals surface area contributed by atoms with Gasteiger partial charge < -0.3 is 20.6 Å². The quantitative estimate of drug-likeness (QED) is 0.564. The zero-order valence-corrected chi connectivity index (χ0v) is 20.2. The average molecular weight is 473 g/mol. The fourth-order valence-electron chi connectivity index (χ4n) is 5.49. The second kappa shape index (κ2) is 8.62. The number of hydrogen-bond donors (Lipinski definition) is 3. The Balaban J connectivity index is 1.33. The van der Waals surface area contributed by atoms with E-state index in [0.717, 1.165) is 31.4 Å². The summed E-state index contributed by atoms with van der Waals surface area (Å²) in [5.74, 6) is 0.363. The minimum atomic E-state index is -0.761. The van der Waals surface area contributed by atoms with E-state index in [1.54, 1.807) is 4.68 Å². The van der Waals surface area contributed by atoms with Crippen LogP contribution < -0.4 is 10.6 Å². The van der Waals surface area contributed by atoms with Crippen molar-refractivity contribution in [2.45, 2.75) is 102 Å². The molecule has 2 saturated heterocycles. The first kappa shape index (κ1) is 23.3. The third kappa shape index (κ3) is 4.69. The van der Waals surface area contributed by atoms with E-state index in [2.05, 4.69) is 20.9 Å². The number of nitrogens with zero attached hydrogens (tertiary/aromatic N) is 4. The molecular formula is C24H36N6O4. The van der Waals surface area contributed by atoms with Gasteiger partial charge in [0.05, 0.1) is 17.8 Å². The molecule has 0 unspecified atom stereocenters. The number of piperidine rings is 1. The zero-order valence-electron chi connectivity index (χ0n) is 20.2. The summed E-state index contributed by atoms with van der Waals surface area (Å²) in [7, 11) is 0. The largest absolute Gasteiger partial charge is 0.391 e. The molecule has 5 rings (SSSR count). The minimum absolute atomic E-state index is 0.0295. The van der Waals surface area contributed by atoms with E-state index in [1.807, 2.05) is 27.0 Å². The molecule has 10 heteroatoms. The number of aliphatic hydroxyl groups is 1. The summed E-state index contributed by atoms with van der Waals surface area (Å²) in [6.07, 6.45) is 6.57. The lowest BCUT2D eigenvalue weighted by Gasteiger charge is -2.36. The zero-order chi connectivity index (χ0) is 24.2. The van der Waals surface area contributed by atoms with Gasteiger partial charge >= 0.3 is 0 Å². The lowest BCUT2D eigenvalue weighted by atomic mass is 9.85. The van der Waals surface area contributed by atoms with Crippen LogP contribution in [0.3, 0.4) is 0 Å². The van der Waals surface area contributed by atoms with Gasteiger partial charge in [-0.05, 0) is 43.4 Å². The maximum absolute atomic E-state index is 13.9. The fraction of sp³-hybridized carbons (Fsp3) is 0.792. The van der Waals surface area contributed by atoms with Crippen LogP contribution in [0, 0.1) is 11.3 Å². The van der Waals surface area contributed by atoms with Crippen LogP contribution in [-0.2, 0) is 14.4 Å². The fourth-order valence-corrected chi connectivity index (χ4v) is 5.49. The number of aromatic nitrogens is 3. The Bertz CT molecular complexity index is 963. The minimum Gasteiger partial charge on any atom is -0.391 e. The third-order valence-corrected chi connectivity index (χ3v) is 7.61. The Hall–Kier alpha value is -2.49. The highest BCUT2D eigenvalue weighted by Gasteiger charge is 2.47. The second-order valence-corrected chi connectivity index (χ2v) is 11.6. The van der Waals surface area contributed by atoms with Gasteiger partial charge in [-0.1, -0.05) is 26.0 Å². The summed E-state index contributed by atoms with van der Waals surface area (Å²) < 4.78 is 1.63. The van der Waals surface area contributed by atoms with E-state index in [1.165, 1.54) is 4.90 Å². The lowest BCUT2D eigenvalue weighted by molar-refractivity contribution is -0.144. The van der Waals surface area contributed by atoms with Gasteiger partial charge in [-0.2, -0.15) is 0 Å². The first-order chi connectivity index (χ1) is 16.1. The van der Waals surface area contributed by atoms with Crippen LogP contribution in [0.15, 0.2) is 6.20 Å². The highest BCUT2D eigenvalue weighted by Crippen LogP contribution is 2.40. The Morgan fingerprint density at radius 1 is 1.21 bits per heavy atom. The molecule has 0 bridgehead atoms. The maximum Gasteiger partial charge on any atom is 0.248 e. The van der Waals surface area contributed by atoms with Crippen molar-refractivity contribution < 1.29 is 19.5 Å². The molecule has 186 valence electrons. The molecule has 0 spiro atoms. The molecule has 1 aromatic heterocycles. The first-order valence-electron chi connectivity index (χ1n) is 12.6. The molecule has 3 N–H and O–H groups in total. The van der Waals surface area contributed by atoms with Gasteiger partial charge in [0.25, 0.3) is 0 Å². The monoisotopic (exact) mass is 472 g/mol. The highest BCUT2D eigenvalue weighted by molar-refractivity contribution is 5.90. The molecular weight excluding hydrogens is 436 g/mol. The number of β-amino-alcohol motifs (C(OH)–C–C–N with tert-alkyl or cyclic N) is 1. The molecule has 0 aromatic carbocycles. The van der Waals surface area contributed by atoms with Gasteiger partial charge in [-0.15, -0.1) is 5.10 Å². The Labute approximate surface area is 199 Å². The molecule has 0 radical (unpaired) electrons. The molecule has 3 amide bonds. The van der Waals surface area contributed by atoms with Gasteiger partial charge in [0.2, 0.25) is 17.7 Å². The topological polar surface area (TPSA) is 129 Å². The summed E-state index contributed by atoms with van der Waals surface area (Å²) >= 11 is 0. The smallest absolute Gasteiger partial charge is 0.248 e. The van der Waals surface area contributed by atoms with Crippen LogP contribution in [0.1, 0.15) is 83.4 Å². The van der Waals surface area contributed by atoms with Crippen molar-refractivity contribution in [2.24, 2.45) is 11.3 Å². The van der Waals surface area contributed by atoms with Crippen molar-refractivity contribution in [3.63, 3.8) is 0 Å². The summed E-state index contributed by atoms with van der Waals surface area (Å²) in [5.41, 5.74) is 0.438. The highest BCUT2D eigenvalue weighted by atomic mass is 16.3. The van der Waals surface area contributed by atoms with Gasteiger partial charge in [0.1, 0.15) is 12.1 Å². The Kier molecular flexibility index (Phi) is 5.90. The van der Waals surface area contributed by atoms with Crippen molar-refractivity contribution in [1.82, 2.24) is 30.5 Å². The molecule has 4 fully saturated rings. The summed E-state index contributed by atoms with van der Waals surface area (Å²) in [4.78, 5) is 40.7. The molecule has 4 aliphatic rings. The van der Waals surface area contributed by atoms with Crippen LogP contribution in [0.25, 0.3) is 0 Å². The number of likely N-dealkylation sites (tertiary alicyclic amines) is 1. The number of carbonyl (C=O) groups is 3. The van der Waals surface area contributed by atoms with Crippen LogP contribution in [0.2, 0.25) is 0 Å². The Morgan fingerprint density at radius 3 is 2.59 bits per heavy atom. The predicted octanol–water partition coefficient (Wildman–Crippen LogP) is 0.878. The first-order valence-corrected chi connectivity index (χ1v) is 12.6. The van der Waals surface area contributed by atoms with Crippen molar-refractivity contribution in [3.8, 4) is 0 Å². The van der Waals surface area contributed by atoms with E-state index in [0.29, 0.717) is 24.7 Å². The maximum atomic E-state index is 13.9. The van der Waals surface area contributed by atoms with Crippen LogP contribution >= 0.6 is 0 Å². The van der Waals surface area contributed by atoms with E-state index in [4.69, 9.17) is 0 Å². The molecule has 2 saturated carbocycles. The van der Waals surface area contributed by atoms with E-state index < -0.39 is 23.6 Å². The molecule has 1 aromatic rings. The van der Waals surface area contributed by atoms with E-state index in [-0.39, 0.29) is 42.8 Å². The number of nitrogens with one attached hydrogen (secondary N) is 2. The Morgan fingerprint density at radius 2 is 1.94 bits per heavy atom. The van der Waals surface area contributed by atoms with Gasteiger partial charge in [-0.25, -0.2) is 4.68 Å². The average Bonchev–Trinajstić information content (AvgIpc) is 3.69. The van der Waals surface area contributed by atoms with E-state index >= 15 is 0 Å². The molecule has 3 heterocycles. The second-order valence-electron chi connectivity index (χ2n) is 11.6. The molecule has 2 aliphatic carbocycles. The number of carbonyl (C=O) groups excluding carboxylic acids is 3. The van der Waals surface area contributed by atoms with Crippen LogP contribution in [0.5, 0.6) is 0 Å². The van der Waals surface area contributed by atoms with Crippen molar-refractivity contribution in [3.05, 3.63) is 11.9 Å². The van der Waals surface area contributed by atoms with Gasteiger partial charge in [-0.3, -0.25) is 14.4 Å². The lowest BCUT2D eigenvalue weighted by Crippen LogP contribution is -2.59. The van der Waals surface area contributed by atoms with Crippen LogP contribution in [-0.4, -0.2) is 73.5 Å². The van der Waals surface area contributed by atoms with Gasteiger partial charge in [0.15, 0.2) is 0 Å². The van der Waals surface area contributed by atoms with Crippen molar-refractivity contribution >= 4 is 17.7 Å². The summed E-state index contributed by atoms with van der Waals surface area (Å²) in [5, 5.41) is 25.1. The molecule has 2 aliphatic heterocycles. The number of amides is 3. The number of aliphatic hydroxyl groups excluding tert-OH is 1. The standard InChI is InChI=1S/C24H36N6O4/c1-24(2,3)21(30-12-17(27-28-30)13-4-5-13)23(34)29-11-15(31)10-18(29)22(33)25-16-8-9-19(32)26-20(16)14-6-7-14/h12-16,18,20-21,31H,4-11H2,1-3H3,(H,25,33)(H,26,32)/t15-,16-,18+,20+,21-/m1/s1. The third-order valence-electron chi connectivity index (χ3n) is 7.61. The summed E-state index contributed by atoms with van der Waals surface area (Å²) in [6, 6.07) is -1.60. The van der Waals surface area contributed by atoms with Crippen molar-refractivity contribution in [2.75, 3.05) is 6.54 Å². The normalized spacial score (nSPS) is 30.7. The predicted molar refractivity (Wildman–Crippen MR) is 122 cm³/mol. The SMILES string of the molecule is CC(C)(C)[C@@H](C(=O)N1C[C@H](O)C[C@H]1C(=O)N[C@@H]1CCC(=O)N[C@H]1C1CC1)n1cc(C2CC2)nn1. The summed E-state index contributed by atoms with van der Waals surface area (Å²) in [6.45, 7) is 6.03. The number of hydrogen-bond acceptors (Lipinski definition) is 6. The number of rotatable bonds is 6. The van der Waals surface area contributed by atoms with Crippen LogP contribution in [0.4, 0.5) is 0 Å². The molecule has 34 heavy (non-hydrogen) atoms. The van der Waals surface area contributed by atoms with Crippen molar-refractivity contribution in [1.29, 1.82) is 0 Å². The molecule has 10 nitrogen and oxygen atoms in total. The van der Waals surface area contributed by atoms with E-state index in [9.17, 15) is 19.5 Å². The van der Waals surface area contributed by atoms with Gasteiger partial charge in [0, 0.05) is 37.5 Å².